The van der Waals surface area contributed by atoms with Gasteiger partial charge in [0.1, 0.15) is 11.8 Å². The summed E-state index contributed by atoms with van der Waals surface area (Å²) < 4.78 is 5.64. The van der Waals surface area contributed by atoms with Gasteiger partial charge in [0.2, 0.25) is 5.91 Å². The summed E-state index contributed by atoms with van der Waals surface area (Å²) in [4.78, 5) is 27.4. The number of carbonyl (C=O) groups excluding carboxylic acids is 2. The predicted octanol–water partition coefficient (Wildman–Crippen LogP) is 4.36. The summed E-state index contributed by atoms with van der Waals surface area (Å²) in [5.41, 5.74) is 2.06. The van der Waals surface area contributed by atoms with Crippen LogP contribution in [-0.2, 0) is 16.1 Å². The summed E-state index contributed by atoms with van der Waals surface area (Å²) in [7, 11) is 0. The zero-order valence-electron chi connectivity index (χ0n) is 17.4. The summed E-state index contributed by atoms with van der Waals surface area (Å²) in [6.45, 7) is 7.84. The number of benzene rings is 2. The summed E-state index contributed by atoms with van der Waals surface area (Å²) >= 11 is 6.12. The molecule has 0 aliphatic rings. The molecule has 0 saturated carbocycles. The number of hydrogen-bond donors (Lipinski definition) is 1. The van der Waals surface area contributed by atoms with Gasteiger partial charge in [0, 0.05) is 12.6 Å². The standard InChI is InChI=1S/C23H29ClN2O3/c1-5-20(23(28)25-16(2)3)26(14-18-10-8-9-17(4)13-18)22(27)15-29-21-12-7-6-11-19(21)24/h6-13,16,20H,5,14-15H2,1-4H3,(H,25,28)/t20-/m0/s1. The Labute approximate surface area is 178 Å². The van der Waals surface area contributed by atoms with Crippen LogP contribution in [-0.4, -0.2) is 35.4 Å². The van der Waals surface area contributed by atoms with E-state index >= 15 is 0 Å². The van der Waals surface area contributed by atoms with Gasteiger partial charge < -0.3 is 15.0 Å². The van der Waals surface area contributed by atoms with Crippen LogP contribution >= 0.6 is 11.6 Å². The Morgan fingerprint density at radius 3 is 2.48 bits per heavy atom. The first-order valence-corrected chi connectivity index (χ1v) is 10.2. The topological polar surface area (TPSA) is 58.6 Å². The minimum atomic E-state index is -0.583. The smallest absolute Gasteiger partial charge is 0.261 e. The van der Waals surface area contributed by atoms with Crippen LogP contribution in [0.15, 0.2) is 48.5 Å². The maximum atomic E-state index is 13.1. The molecule has 1 N–H and O–H groups in total. The van der Waals surface area contributed by atoms with Crippen LogP contribution in [0.25, 0.3) is 0 Å². The molecule has 156 valence electrons. The Bertz CT molecular complexity index is 838. The molecule has 0 aliphatic carbocycles. The van der Waals surface area contributed by atoms with Crippen molar-refractivity contribution in [2.45, 2.75) is 52.7 Å². The lowest BCUT2D eigenvalue weighted by Gasteiger charge is -2.31. The fourth-order valence-corrected chi connectivity index (χ4v) is 3.28. The number of halogens is 1. The van der Waals surface area contributed by atoms with Crippen molar-refractivity contribution in [3.05, 3.63) is 64.7 Å². The van der Waals surface area contributed by atoms with Gasteiger partial charge in [-0.05, 0) is 44.9 Å². The number of ether oxygens (including phenoxy) is 1. The molecule has 0 radical (unpaired) electrons. The molecule has 2 aromatic rings. The monoisotopic (exact) mass is 416 g/mol. The van der Waals surface area contributed by atoms with Crippen LogP contribution in [0, 0.1) is 6.92 Å². The molecule has 0 saturated heterocycles. The third-order valence-electron chi connectivity index (χ3n) is 4.44. The molecular formula is C23H29ClN2O3. The fourth-order valence-electron chi connectivity index (χ4n) is 3.09. The van der Waals surface area contributed by atoms with Gasteiger partial charge in [0.15, 0.2) is 6.61 Å². The molecule has 6 heteroatoms. The number of para-hydroxylation sites is 1. The van der Waals surface area contributed by atoms with Crippen LogP contribution in [0.5, 0.6) is 5.75 Å². The van der Waals surface area contributed by atoms with E-state index in [1.807, 2.05) is 52.0 Å². The summed E-state index contributed by atoms with van der Waals surface area (Å²) in [5, 5.41) is 3.35. The number of amides is 2. The summed E-state index contributed by atoms with van der Waals surface area (Å²) in [5.74, 6) is 0.0103. The van der Waals surface area contributed by atoms with Crippen molar-refractivity contribution < 1.29 is 14.3 Å². The van der Waals surface area contributed by atoms with E-state index in [-0.39, 0.29) is 24.5 Å². The fraction of sp³-hybridized carbons (Fsp3) is 0.391. The van der Waals surface area contributed by atoms with E-state index in [9.17, 15) is 9.59 Å². The first kappa shape index (κ1) is 22.8. The van der Waals surface area contributed by atoms with Crippen LogP contribution in [0.1, 0.15) is 38.3 Å². The largest absolute Gasteiger partial charge is 0.482 e. The first-order chi connectivity index (χ1) is 13.8. The molecule has 0 spiro atoms. The lowest BCUT2D eigenvalue weighted by Crippen LogP contribution is -2.51. The van der Waals surface area contributed by atoms with E-state index in [4.69, 9.17) is 16.3 Å². The quantitative estimate of drug-likeness (QED) is 0.660. The minimum absolute atomic E-state index is 0.00755. The number of aryl methyl sites for hydroxylation is 1. The highest BCUT2D eigenvalue weighted by Crippen LogP contribution is 2.23. The molecule has 2 rings (SSSR count). The molecule has 0 aromatic heterocycles. The molecule has 0 unspecified atom stereocenters. The number of hydrogen-bond acceptors (Lipinski definition) is 3. The summed E-state index contributed by atoms with van der Waals surface area (Å²) in [6.07, 6.45) is 0.502. The zero-order chi connectivity index (χ0) is 21.4. The second-order valence-corrected chi connectivity index (χ2v) is 7.72. The van der Waals surface area contributed by atoms with Crippen LogP contribution in [0.4, 0.5) is 0 Å². The first-order valence-electron chi connectivity index (χ1n) is 9.84. The maximum absolute atomic E-state index is 13.1. The molecule has 0 fully saturated rings. The van der Waals surface area contributed by atoms with Gasteiger partial charge in [-0.25, -0.2) is 0 Å². The lowest BCUT2D eigenvalue weighted by atomic mass is 10.1. The second kappa shape index (κ2) is 10.9. The third kappa shape index (κ3) is 6.79. The predicted molar refractivity (Wildman–Crippen MR) is 116 cm³/mol. The molecular weight excluding hydrogens is 388 g/mol. The zero-order valence-corrected chi connectivity index (χ0v) is 18.2. The minimum Gasteiger partial charge on any atom is -0.482 e. The normalized spacial score (nSPS) is 11.8. The van der Waals surface area contributed by atoms with Crippen molar-refractivity contribution in [3.8, 4) is 5.75 Å². The van der Waals surface area contributed by atoms with Crippen LogP contribution < -0.4 is 10.1 Å². The van der Waals surface area contributed by atoms with Gasteiger partial charge in [0.25, 0.3) is 5.91 Å². The molecule has 0 heterocycles. The van der Waals surface area contributed by atoms with E-state index in [1.54, 1.807) is 29.2 Å². The molecule has 5 nitrogen and oxygen atoms in total. The second-order valence-electron chi connectivity index (χ2n) is 7.32. The molecule has 29 heavy (non-hydrogen) atoms. The average molecular weight is 417 g/mol. The Balaban J connectivity index is 2.23. The Kier molecular flexibility index (Phi) is 8.52. The Hall–Kier alpha value is -2.53. The molecule has 1 atom stereocenters. The SMILES string of the molecule is CC[C@@H](C(=O)NC(C)C)N(Cc1cccc(C)c1)C(=O)COc1ccccc1Cl. The number of nitrogens with one attached hydrogen (secondary N) is 1. The molecule has 0 bridgehead atoms. The van der Waals surface area contributed by atoms with Gasteiger partial charge in [-0.15, -0.1) is 0 Å². The third-order valence-corrected chi connectivity index (χ3v) is 4.75. The number of rotatable bonds is 9. The van der Waals surface area contributed by atoms with Crippen molar-refractivity contribution in [3.63, 3.8) is 0 Å². The average Bonchev–Trinajstić information content (AvgIpc) is 2.66. The van der Waals surface area contributed by atoms with Gasteiger partial charge in [-0.3, -0.25) is 9.59 Å². The van der Waals surface area contributed by atoms with Crippen molar-refractivity contribution in [2.24, 2.45) is 0 Å². The van der Waals surface area contributed by atoms with Crippen LogP contribution in [0.3, 0.4) is 0 Å². The van der Waals surface area contributed by atoms with Gasteiger partial charge in [0.05, 0.1) is 5.02 Å². The molecule has 2 aromatic carbocycles. The van der Waals surface area contributed by atoms with E-state index < -0.39 is 6.04 Å². The van der Waals surface area contributed by atoms with Gasteiger partial charge >= 0.3 is 0 Å². The van der Waals surface area contributed by atoms with Crippen molar-refractivity contribution >= 4 is 23.4 Å². The molecule has 0 aliphatic heterocycles. The lowest BCUT2D eigenvalue weighted by molar-refractivity contribution is -0.143. The maximum Gasteiger partial charge on any atom is 0.261 e. The van der Waals surface area contributed by atoms with E-state index in [0.717, 1.165) is 11.1 Å². The Morgan fingerprint density at radius 2 is 1.86 bits per heavy atom. The Morgan fingerprint density at radius 1 is 1.14 bits per heavy atom. The highest BCUT2D eigenvalue weighted by Gasteiger charge is 2.29. The van der Waals surface area contributed by atoms with E-state index in [2.05, 4.69) is 5.32 Å². The van der Waals surface area contributed by atoms with Crippen molar-refractivity contribution in [1.29, 1.82) is 0 Å². The van der Waals surface area contributed by atoms with E-state index in [1.165, 1.54) is 0 Å². The van der Waals surface area contributed by atoms with E-state index in [0.29, 0.717) is 23.7 Å². The van der Waals surface area contributed by atoms with Gasteiger partial charge in [-0.1, -0.05) is 60.5 Å². The molecule has 2 amide bonds. The van der Waals surface area contributed by atoms with Crippen molar-refractivity contribution in [2.75, 3.05) is 6.61 Å². The van der Waals surface area contributed by atoms with Crippen LogP contribution in [0.2, 0.25) is 5.02 Å². The highest BCUT2D eigenvalue weighted by atomic mass is 35.5. The van der Waals surface area contributed by atoms with Gasteiger partial charge in [-0.2, -0.15) is 0 Å². The highest BCUT2D eigenvalue weighted by molar-refractivity contribution is 6.32. The number of carbonyl (C=O) groups is 2. The summed E-state index contributed by atoms with van der Waals surface area (Å²) in [6, 6.07) is 14.3. The van der Waals surface area contributed by atoms with Crippen molar-refractivity contribution in [1.82, 2.24) is 10.2 Å². The number of nitrogens with zero attached hydrogens (tertiary/aromatic N) is 1.